The Hall–Kier alpha value is 0.310. The summed E-state index contributed by atoms with van der Waals surface area (Å²) in [4.78, 5) is 2.26. The van der Waals surface area contributed by atoms with E-state index in [0.717, 1.165) is 48.6 Å². The number of thioether (sulfide) groups is 2. The molecule has 4 aliphatic rings. The van der Waals surface area contributed by atoms with Crippen LogP contribution in [0, 0.1) is 0 Å². The average molecular weight is 636 g/mol. The van der Waals surface area contributed by atoms with Gasteiger partial charge >= 0.3 is 0 Å². The van der Waals surface area contributed by atoms with Gasteiger partial charge in [0.25, 0.3) is 10.1 Å². The van der Waals surface area contributed by atoms with Gasteiger partial charge in [0, 0.05) is 47.5 Å². The average Bonchev–Trinajstić information content (AvgIpc) is 3.31. The largest absolute Gasteiger partial charge is 0.748 e. The molecular weight excluding hydrogens is 599 g/mol. The van der Waals surface area contributed by atoms with Gasteiger partial charge in [-0.05, 0) is 64.1 Å². The predicted molar refractivity (Wildman–Crippen MR) is 152 cm³/mol. The second-order valence-electron chi connectivity index (χ2n) is 10.7. The van der Waals surface area contributed by atoms with Crippen molar-refractivity contribution in [1.29, 1.82) is 0 Å². The van der Waals surface area contributed by atoms with Crippen molar-refractivity contribution in [1.82, 2.24) is 4.90 Å². The minimum absolute atomic E-state index is 0.0693. The summed E-state index contributed by atoms with van der Waals surface area (Å²) in [5.74, 6) is 0. The normalized spacial score (nSPS) is 35.5. The van der Waals surface area contributed by atoms with Gasteiger partial charge in [0.2, 0.25) is 5.04 Å². The first kappa shape index (κ1) is 30.3. The number of nitrogens with zero attached hydrogens (tertiary/aromatic N) is 2. The summed E-state index contributed by atoms with van der Waals surface area (Å²) in [6.45, 7) is 3.93. The van der Waals surface area contributed by atoms with Crippen molar-refractivity contribution >= 4 is 72.0 Å². The molecule has 0 aromatic heterocycles. The van der Waals surface area contributed by atoms with Crippen molar-refractivity contribution in [2.24, 2.45) is 0 Å². The molecule has 14 heteroatoms. The van der Waals surface area contributed by atoms with E-state index < -0.39 is 30.7 Å². The Bertz CT molecular complexity index is 1130. The van der Waals surface area contributed by atoms with E-state index in [1.165, 1.54) is 13.8 Å². The lowest BCUT2D eigenvalue weighted by atomic mass is 9.93. The van der Waals surface area contributed by atoms with E-state index in [1.54, 1.807) is 23.5 Å². The molecule has 212 valence electrons. The van der Waals surface area contributed by atoms with Crippen LogP contribution in [0.3, 0.4) is 0 Å². The molecule has 2 heterocycles. The van der Waals surface area contributed by atoms with Crippen LogP contribution < -0.4 is 0 Å². The Balaban J connectivity index is 1.64. The van der Waals surface area contributed by atoms with Crippen LogP contribution in [0.5, 0.6) is 0 Å². The van der Waals surface area contributed by atoms with Crippen LogP contribution in [0.2, 0.25) is 0 Å². The van der Waals surface area contributed by atoms with Crippen molar-refractivity contribution in [2.45, 2.75) is 109 Å². The summed E-state index contributed by atoms with van der Waals surface area (Å²) in [6, 6.07) is 0.380. The van der Waals surface area contributed by atoms with Gasteiger partial charge in [-0.15, -0.1) is 35.0 Å². The van der Waals surface area contributed by atoms with Crippen molar-refractivity contribution in [3.05, 3.63) is 11.1 Å². The highest BCUT2D eigenvalue weighted by Gasteiger charge is 2.47. The van der Waals surface area contributed by atoms with Crippen molar-refractivity contribution in [3.8, 4) is 0 Å². The zero-order chi connectivity index (χ0) is 27.1. The van der Waals surface area contributed by atoms with Gasteiger partial charge in [-0.1, -0.05) is 0 Å². The molecule has 8 unspecified atom stereocenters. The maximum atomic E-state index is 11.6. The molecule has 4 rings (SSSR count). The molecule has 2 aliphatic carbocycles. The molecule has 37 heavy (non-hydrogen) atoms. The van der Waals surface area contributed by atoms with E-state index in [0.29, 0.717) is 30.0 Å². The Kier molecular flexibility index (Phi) is 9.85. The van der Waals surface area contributed by atoms with Gasteiger partial charge in [0.05, 0.1) is 30.9 Å². The van der Waals surface area contributed by atoms with Crippen LogP contribution in [0.4, 0.5) is 0 Å². The van der Waals surface area contributed by atoms with Gasteiger partial charge in [-0.25, -0.2) is 13.0 Å². The molecular formula is C23H36Cl2N2O6S4. The van der Waals surface area contributed by atoms with Crippen molar-refractivity contribution in [2.75, 3.05) is 13.1 Å². The minimum Gasteiger partial charge on any atom is -0.748 e. The molecule has 0 bridgehead atoms. The first-order valence-corrected chi connectivity index (χ1v) is 18.5. The first-order chi connectivity index (χ1) is 17.2. The van der Waals surface area contributed by atoms with Crippen molar-refractivity contribution < 1.29 is 30.5 Å². The van der Waals surface area contributed by atoms with Crippen LogP contribution in [0.25, 0.3) is 0 Å². The van der Waals surface area contributed by atoms with E-state index in [9.17, 15) is 25.9 Å². The Morgan fingerprint density at radius 2 is 1.68 bits per heavy atom. The third-order valence-corrected chi connectivity index (χ3v) is 14.3. The molecule has 0 aromatic rings. The number of hydrogen-bond donors (Lipinski definition) is 1. The summed E-state index contributed by atoms with van der Waals surface area (Å²) in [5.41, 5.74) is 0. The van der Waals surface area contributed by atoms with E-state index in [4.69, 9.17) is 23.2 Å². The second kappa shape index (κ2) is 12.0. The fourth-order valence-corrected chi connectivity index (χ4v) is 10.2. The van der Waals surface area contributed by atoms with E-state index in [-0.39, 0.29) is 29.3 Å². The monoisotopic (exact) mass is 634 g/mol. The summed E-state index contributed by atoms with van der Waals surface area (Å²) in [5, 5.41) is 1.14. The highest BCUT2D eigenvalue weighted by atomic mass is 35.5. The van der Waals surface area contributed by atoms with Gasteiger partial charge in [0.15, 0.2) is 6.04 Å². The van der Waals surface area contributed by atoms with E-state index in [1.807, 2.05) is 0 Å². The molecule has 0 radical (unpaired) electrons. The Labute approximate surface area is 239 Å². The second-order valence-corrected chi connectivity index (χ2v) is 18.1. The fraction of sp³-hybridized carbons (Fsp3) is 0.870. The Morgan fingerprint density at radius 1 is 1.03 bits per heavy atom. The number of alkyl halides is 2. The lowest BCUT2D eigenvalue weighted by molar-refractivity contribution is -0.561. The molecule has 8 nitrogen and oxygen atoms in total. The molecule has 0 aromatic carbocycles. The maximum absolute atomic E-state index is 11.6. The third-order valence-electron chi connectivity index (χ3n) is 8.09. The van der Waals surface area contributed by atoms with Crippen LogP contribution >= 0.6 is 46.7 Å². The molecule has 0 spiro atoms. The molecule has 0 amide bonds. The minimum atomic E-state index is -4.36. The molecule has 3 fully saturated rings. The molecule has 2 saturated carbocycles. The van der Waals surface area contributed by atoms with Gasteiger partial charge in [-0.2, -0.15) is 8.42 Å². The van der Waals surface area contributed by atoms with Crippen LogP contribution in [0.15, 0.2) is 11.1 Å². The summed E-state index contributed by atoms with van der Waals surface area (Å²) in [7, 11) is -8.47. The van der Waals surface area contributed by atoms with Gasteiger partial charge in [0.1, 0.15) is 6.54 Å². The fourth-order valence-electron chi connectivity index (χ4n) is 5.67. The lowest BCUT2D eigenvalue weighted by Crippen LogP contribution is -2.41. The van der Waals surface area contributed by atoms with Gasteiger partial charge in [-0.3, -0.25) is 4.55 Å². The highest BCUT2D eigenvalue weighted by Crippen LogP contribution is 2.48. The topological polar surface area (TPSA) is 118 Å². The predicted octanol–water partition coefficient (Wildman–Crippen LogP) is 4.08. The van der Waals surface area contributed by atoms with Crippen LogP contribution in [-0.2, 0) is 20.2 Å². The summed E-state index contributed by atoms with van der Waals surface area (Å²) in [6.07, 6.45) is 8.18. The molecule has 1 N–H and O–H groups in total. The number of rotatable bonds is 9. The Morgan fingerprint density at radius 3 is 2.32 bits per heavy atom. The summed E-state index contributed by atoms with van der Waals surface area (Å²) >= 11 is 16.7. The first-order valence-electron chi connectivity index (χ1n) is 12.9. The zero-order valence-electron chi connectivity index (χ0n) is 21.0. The standard InChI is InChI=1S/C23H36Cl2N2O6S4/c1-14(36(28,29)30)7-9-26-18-11-16(24)3-5-20(18)34-22(26)13-23-27(10-8-15(2)37(31,32)33)19-12-17(25)4-6-21(19)35-23/h13-21H,3-12H2,1-2H3,(H-,28,29,30,31,32,33). The smallest absolute Gasteiger partial charge is 0.267 e. The quantitative estimate of drug-likeness (QED) is 0.227. The van der Waals surface area contributed by atoms with Crippen LogP contribution in [-0.4, -0.2) is 97.4 Å². The molecule has 8 atom stereocenters. The summed E-state index contributed by atoms with van der Waals surface area (Å²) < 4.78 is 69.7. The molecule has 1 saturated heterocycles. The molecule has 2 aliphatic heterocycles. The maximum Gasteiger partial charge on any atom is 0.267 e. The SMILES string of the molecule is CC(CC[N+]1=C(C=C2SC3CCC(Cl)CC3N2CCC(C)S(=O)(=O)O)SC2CCC(Cl)CC21)S(=O)(=O)[O-]. The number of fused-ring (bicyclic) bond motifs is 2. The zero-order valence-corrected chi connectivity index (χ0v) is 25.8. The van der Waals surface area contributed by atoms with E-state index in [2.05, 4.69) is 15.6 Å². The number of hydrogen-bond acceptors (Lipinski definition) is 8. The third kappa shape index (κ3) is 7.34. The van der Waals surface area contributed by atoms with E-state index >= 15 is 0 Å². The van der Waals surface area contributed by atoms with Crippen LogP contribution in [0.1, 0.15) is 65.2 Å². The van der Waals surface area contributed by atoms with Gasteiger partial charge < -0.3 is 9.45 Å². The number of halogens is 2. The lowest BCUT2D eigenvalue weighted by Gasteiger charge is -2.34. The highest BCUT2D eigenvalue weighted by molar-refractivity contribution is 8.15. The van der Waals surface area contributed by atoms with Crippen molar-refractivity contribution in [3.63, 3.8) is 0 Å².